The number of imidazole rings is 1. The summed E-state index contributed by atoms with van der Waals surface area (Å²) in [6.45, 7) is 7.37. The number of allylic oxidation sites excluding steroid dienone is 5. The van der Waals surface area contributed by atoms with Gasteiger partial charge in [-0.3, -0.25) is 0 Å². The van der Waals surface area contributed by atoms with E-state index in [1.165, 1.54) is 29.1 Å². The fourth-order valence-electron chi connectivity index (χ4n) is 2.78. The van der Waals surface area contributed by atoms with E-state index in [0.717, 1.165) is 25.2 Å². The Morgan fingerprint density at radius 2 is 2.12 bits per heavy atom. The van der Waals surface area contributed by atoms with Gasteiger partial charge in [-0.25, -0.2) is 4.98 Å². The Kier molecular flexibility index (Phi) is 8.56. The van der Waals surface area contributed by atoms with Gasteiger partial charge in [-0.05, 0) is 48.2 Å². The van der Waals surface area contributed by atoms with E-state index in [0.29, 0.717) is 6.54 Å². The van der Waals surface area contributed by atoms with Crippen molar-refractivity contribution in [3.05, 3.63) is 53.0 Å². The van der Waals surface area contributed by atoms with Crippen LogP contribution in [0.25, 0.3) is 0 Å². The van der Waals surface area contributed by atoms with Gasteiger partial charge < -0.3 is 9.67 Å². The molecule has 2 bridgehead atoms. The Morgan fingerprint density at radius 3 is 2.68 bits per heavy atom. The molecule has 0 amide bonds. The monoisotopic (exact) mass is 360 g/mol. The molecule has 2 aliphatic carbocycles. The molecule has 1 aromatic rings. The lowest BCUT2D eigenvalue weighted by Gasteiger charge is -2.09. The van der Waals surface area contributed by atoms with Crippen molar-refractivity contribution in [3.8, 4) is 0 Å². The molecule has 0 saturated heterocycles. The lowest BCUT2D eigenvalue weighted by molar-refractivity contribution is 0.141. The Labute approximate surface area is 156 Å². The first-order valence-electron chi connectivity index (χ1n) is 9.47. The van der Waals surface area contributed by atoms with E-state index in [1.54, 1.807) is 18.1 Å². The normalized spacial score (nSPS) is 16.3. The average molecular weight is 361 g/mol. The maximum atomic E-state index is 9.50. The van der Waals surface area contributed by atoms with Crippen molar-refractivity contribution >= 4 is 11.8 Å². The number of hydrogen-bond acceptors (Lipinski definition) is 3. The molecule has 0 spiro atoms. The van der Waals surface area contributed by atoms with Crippen LogP contribution >= 0.6 is 11.8 Å². The van der Waals surface area contributed by atoms with E-state index in [9.17, 15) is 5.11 Å². The molecule has 1 unspecified atom stereocenters. The highest BCUT2D eigenvalue weighted by molar-refractivity contribution is 8.03. The molecule has 0 aliphatic heterocycles. The molecule has 1 aromatic heterocycles. The predicted octanol–water partition coefficient (Wildman–Crippen LogP) is 5.35. The molecular formula is C21H32N2OS. The van der Waals surface area contributed by atoms with Gasteiger partial charge in [0.1, 0.15) is 0 Å². The van der Waals surface area contributed by atoms with Gasteiger partial charge in [-0.1, -0.05) is 45.8 Å². The number of hydrogen-bond donors (Lipinski definition) is 1. The second kappa shape index (κ2) is 10.7. The minimum atomic E-state index is -0.223. The molecule has 1 atom stereocenters. The first-order valence-corrected chi connectivity index (χ1v) is 10.5. The van der Waals surface area contributed by atoms with Crippen LogP contribution in [-0.2, 0) is 6.54 Å². The van der Waals surface area contributed by atoms with Crippen LogP contribution in [-0.4, -0.2) is 26.5 Å². The number of thioether (sulfide) groups is 1. The summed E-state index contributed by atoms with van der Waals surface area (Å²) < 4.78 is 1.90. The molecule has 4 heteroatoms. The van der Waals surface area contributed by atoms with E-state index in [1.807, 2.05) is 22.5 Å². The smallest absolute Gasteiger partial charge is 0.0946 e. The second-order valence-electron chi connectivity index (χ2n) is 7.21. The molecular weight excluding hydrogens is 328 g/mol. The van der Waals surface area contributed by atoms with Gasteiger partial charge in [0.05, 0.1) is 12.4 Å². The number of unbranched alkanes of at least 4 members (excludes halogenated alkanes) is 1. The van der Waals surface area contributed by atoms with Crippen LogP contribution in [0.1, 0.15) is 52.9 Å². The summed E-state index contributed by atoms with van der Waals surface area (Å²) in [4.78, 5) is 5.43. The van der Waals surface area contributed by atoms with Crippen molar-refractivity contribution in [2.75, 3.05) is 5.75 Å². The van der Waals surface area contributed by atoms with Crippen molar-refractivity contribution in [1.82, 2.24) is 9.55 Å². The zero-order valence-electron chi connectivity index (χ0n) is 15.8. The van der Waals surface area contributed by atoms with Gasteiger partial charge in [0.15, 0.2) is 0 Å². The third kappa shape index (κ3) is 7.25. The van der Waals surface area contributed by atoms with E-state index < -0.39 is 0 Å². The van der Waals surface area contributed by atoms with E-state index in [4.69, 9.17) is 0 Å². The molecule has 2 aliphatic rings. The molecule has 25 heavy (non-hydrogen) atoms. The van der Waals surface area contributed by atoms with Gasteiger partial charge in [-0.15, -0.1) is 11.8 Å². The van der Waals surface area contributed by atoms with Crippen LogP contribution in [0.2, 0.25) is 0 Å². The number of rotatable bonds is 9. The zero-order chi connectivity index (χ0) is 18.1. The van der Waals surface area contributed by atoms with Crippen molar-refractivity contribution in [1.29, 1.82) is 0 Å². The number of nitrogens with zero attached hydrogens (tertiary/aromatic N) is 2. The molecule has 1 N–H and O–H groups in total. The number of aromatic nitrogens is 2. The van der Waals surface area contributed by atoms with E-state index in [-0.39, 0.29) is 6.10 Å². The molecule has 3 rings (SSSR count). The van der Waals surface area contributed by atoms with Gasteiger partial charge in [-0.2, -0.15) is 0 Å². The molecule has 0 radical (unpaired) electrons. The Hall–Kier alpha value is -1.26. The van der Waals surface area contributed by atoms with Crippen LogP contribution in [0, 0.1) is 5.92 Å². The van der Waals surface area contributed by atoms with Crippen LogP contribution in [0.4, 0.5) is 0 Å². The molecule has 1 heterocycles. The third-order valence-electron chi connectivity index (χ3n) is 4.35. The quantitative estimate of drug-likeness (QED) is 0.645. The van der Waals surface area contributed by atoms with Gasteiger partial charge >= 0.3 is 0 Å². The van der Waals surface area contributed by atoms with Crippen LogP contribution in [0.3, 0.4) is 0 Å². The lowest BCUT2D eigenvalue weighted by atomic mass is 10.1. The second-order valence-corrected chi connectivity index (χ2v) is 8.34. The summed E-state index contributed by atoms with van der Waals surface area (Å²) in [5.41, 5.74) is 3.05. The van der Waals surface area contributed by atoms with Gasteiger partial charge in [0.25, 0.3) is 0 Å². The van der Waals surface area contributed by atoms with Crippen molar-refractivity contribution in [2.24, 2.45) is 5.92 Å². The summed E-state index contributed by atoms with van der Waals surface area (Å²) >= 11 is 2.03. The van der Waals surface area contributed by atoms with Crippen LogP contribution in [0.15, 0.2) is 53.0 Å². The summed E-state index contributed by atoms with van der Waals surface area (Å²) in [6.07, 6.45) is 17.6. The maximum absolute atomic E-state index is 9.50. The van der Waals surface area contributed by atoms with Gasteiger partial charge in [0.2, 0.25) is 0 Å². The largest absolute Gasteiger partial charge is 0.391 e. The predicted molar refractivity (Wildman–Crippen MR) is 109 cm³/mol. The fourth-order valence-corrected chi connectivity index (χ4v) is 4.15. The third-order valence-corrected chi connectivity index (χ3v) is 5.48. The highest BCUT2D eigenvalue weighted by Crippen LogP contribution is 2.39. The van der Waals surface area contributed by atoms with Gasteiger partial charge in [0, 0.05) is 23.8 Å². The summed E-state index contributed by atoms with van der Waals surface area (Å²) in [5, 5.41) is 9.50. The summed E-state index contributed by atoms with van der Waals surface area (Å²) in [6, 6.07) is 0. The fraction of sp³-hybridized carbons (Fsp3) is 0.571. The van der Waals surface area contributed by atoms with Crippen LogP contribution in [0.5, 0.6) is 0 Å². The van der Waals surface area contributed by atoms with Crippen molar-refractivity contribution in [3.63, 3.8) is 0 Å². The number of fused-ring (bicyclic) bond motifs is 2. The standard InChI is InChI=1S/C12H16S.C9H16N2O/c1-9(2)5-6-13-12-8-10-3-4-11(12)7-10;1-2-3-4-9(12)7-11-6-5-10-8-11/h3-4,8-9H,5-7H2,1-2H3;5-6,8-9,12H,2-4,7H2,1H3. The van der Waals surface area contributed by atoms with E-state index >= 15 is 0 Å². The minimum absolute atomic E-state index is 0.223. The summed E-state index contributed by atoms with van der Waals surface area (Å²) in [5.74, 6) is 2.11. The minimum Gasteiger partial charge on any atom is -0.391 e. The highest BCUT2D eigenvalue weighted by atomic mass is 32.2. The highest BCUT2D eigenvalue weighted by Gasteiger charge is 2.17. The Bertz CT molecular complexity index is 599. The molecule has 0 fully saturated rings. The summed E-state index contributed by atoms with van der Waals surface area (Å²) in [7, 11) is 0. The van der Waals surface area contributed by atoms with Crippen LogP contribution < -0.4 is 0 Å². The molecule has 0 saturated carbocycles. The molecule has 3 nitrogen and oxygen atoms in total. The SMILES string of the molecule is CC(C)CCSC1=C2C=CC(=C1)C2.CCCCC(O)Cn1ccnc1. The topological polar surface area (TPSA) is 38.0 Å². The first kappa shape index (κ1) is 20.1. The maximum Gasteiger partial charge on any atom is 0.0946 e. The van der Waals surface area contributed by atoms with Crippen molar-refractivity contribution in [2.45, 2.75) is 65.5 Å². The average Bonchev–Trinajstić information content (AvgIpc) is 3.31. The zero-order valence-corrected chi connectivity index (χ0v) is 16.6. The van der Waals surface area contributed by atoms with E-state index in [2.05, 4.69) is 44.0 Å². The molecule has 0 aromatic carbocycles. The Balaban J connectivity index is 0.000000181. The first-order chi connectivity index (χ1) is 12.1. The number of aliphatic hydroxyl groups excluding tert-OH is 1. The lowest BCUT2D eigenvalue weighted by Crippen LogP contribution is -2.14. The Morgan fingerprint density at radius 1 is 1.28 bits per heavy atom. The van der Waals surface area contributed by atoms with Crippen molar-refractivity contribution < 1.29 is 5.11 Å². The number of aliphatic hydroxyl groups is 1. The molecule has 138 valence electrons.